The summed E-state index contributed by atoms with van der Waals surface area (Å²) in [5.74, 6) is -0.971. The van der Waals surface area contributed by atoms with Crippen LogP contribution in [0.2, 0.25) is 10.0 Å². The molecule has 24 heavy (non-hydrogen) atoms. The molecule has 1 fully saturated rings. The van der Waals surface area contributed by atoms with Crippen LogP contribution in [0.25, 0.3) is 0 Å². The smallest absolute Gasteiger partial charge is 0.346 e. The number of carboxylic acids is 1. The van der Waals surface area contributed by atoms with E-state index in [4.69, 9.17) is 33.7 Å². The molecule has 0 radical (unpaired) electrons. The predicted molar refractivity (Wildman–Crippen MR) is 98.0 cm³/mol. The number of nitrogens with zero attached hydrogens (tertiary/aromatic N) is 1. The minimum absolute atomic E-state index is 0.264. The zero-order chi connectivity index (χ0) is 17.3. The van der Waals surface area contributed by atoms with Crippen molar-refractivity contribution in [3.05, 3.63) is 44.2 Å². The van der Waals surface area contributed by atoms with Gasteiger partial charge in [-0.05, 0) is 17.7 Å². The highest BCUT2D eigenvalue weighted by Gasteiger charge is 2.25. The lowest BCUT2D eigenvalue weighted by Crippen LogP contribution is -2.36. The van der Waals surface area contributed by atoms with Gasteiger partial charge in [0.15, 0.2) is 0 Å². The van der Waals surface area contributed by atoms with Crippen LogP contribution in [0.15, 0.2) is 18.2 Å². The van der Waals surface area contributed by atoms with Crippen LogP contribution in [0.3, 0.4) is 0 Å². The lowest BCUT2D eigenvalue weighted by molar-refractivity contribution is 0.0701. The number of carbonyl (C=O) groups is 1. The fraction of sp³-hybridized carbons (Fsp3) is 0.312. The zero-order valence-electron chi connectivity index (χ0n) is 12.7. The van der Waals surface area contributed by atoms with Crippen molar-refractivity contribution in [3.8, 4) is 0 Å². The highest BCUT2D eigenvalue weighted by atomic mass is 35.5. The first-order valence-electron chi connectivity index (χ1n) is 7.38. The van der Waals surface area contributed by atoms with Crippen LogP contribution >= 0.6 is 34.5 Å². The summed E-state index contributed by atoms with van der Waals surface area (Å²) >= 11 is 13.2. The summed E-state index contributed by atoms with van der Waals surface area (Å²) in [5.41, 5.74) is 8.30. The van der Waals surface area contributed by atoms with Gasteiger partial charge in [-0.3, -0.25) is 0 Å². The fourth-order valence-electron chi connectivity index (χ4n) is 2.67. The van der Waals surface area contributed by atoms with Gasteiger partial charge in [-0.1, -0.05) is 29.3 Å². The van der Waals surface area contributed by atoms with Crippen molar-refractivity contribution in [2.24, 2.45) is 0 Å². The number of ether oxygens (including phenoxy) is 1. The van der Waals surface area contributed by atoms with Crippen LogP contribution in [0.5, 0.6) is 0 Å². The molecular weight excluding hydrogens is 371 g/mol. The standard InChI is InChI=1S/C16H16Cl2N2O3S/c17-11-2-1-9(8-12(11)18)7-10-13(19)15(24-14(10)16(21)22)20-3-5-23-6-4-20/h1-2,8H,3-7,19H2,(H,21,22). The van der Waals surface area contributed by atoms with E-state index in [9.17, 15) is 9.90 Å². The molecule has 2 heterocycles. The Morgan fingerprint density at radius 3 is 2.62 bits per heavy atom. The molecule has 2 aromatic rings. The molecule has 8 heteroatoms. The summed E-state index contributed by atoms with van der Waals surface area (Å²) in [4.78, 5) is 14.0. The Hall–Kier alpha value is -1.47. The quantitative estimate of drug-likeness (QED) is 0.836. The predicted octanol–water partition coefficient (Wildman–Crippen LogP) is 3.76. The van der Waals surface area contributed by atoms with Gasteiger partial charge in [-0.15, -0.1) is 11.3 Å². The summed E-state index contributed by atoms with van der Waals surface area (Å²) in [5, 5.41) is 11.2. The van der Waals surface area contributed by atoms with E-state index in [1.165, 1.54) is 11.3 Å². The molecule has 0 amide bonds. The third kappa shape index (κ3) is 3.47. The first-order chi connectivity index (χ1) is 11.5. The first kappa shape index (κ1) is 17.4. The van der Waals surface area contributed by atoms with Crippen molar-refractivity contribution in [1.82, 2.24) is 0 Å². The first-order valence-corrected chi connectivity index (χ1v) is 8.95. The summed E-state index contributed by atoms with van der Waals surface area (Å²) in [6.45, 7) is 2.63. The fourth-order valence-corrected chi connectivity index (χ4v) is 4.12. The number of halogens is 2. The van der Waals surface area contributed by atoms with Gasteiger partial charge >= 0.3 is 5.97 Å². The minimum Gasteiger partial charge on any atom is -0.477 e. The average Bonchev–Trinajstić information content (AvgIpc) is 2.89. The van der Waals surface area contributed by atoms with Crippen LogP contribution in [-0.2, 0) is 11.2 Å². The van der Waals surface area contributed by atoms with Crippen LogP contribution < -0.4 is 10.6 Å². The molecule has 3 rings (SSSR count). The minimum atomic E-state index is -0.971. The Kier molecular flexibility index (Phi) is 5.20. The second-order valence-electron chi connectivity index (χ2n) is 5.46. The molecule has 1 aromatic heterocycles. The maximum absolute atomic E-state index is 11.6. The Labute approximate surface area is 153 Å². The molecule has 0 saturated carbocycles. The molecule has 128 valence electrons. The zero-order valence-corrected chi connectivity index (χ0v) is 15.0. The van der Waals surface area contributed by atoms with Crippen molar-refractivity contribution in [3.63, 3.8) is 0 Å². The van der Waals surface area contributed by atoms with E-state index in [1.54, 1.807) is 12.1 Å². The number of benzene rings is 1. The van der Waals surface area contributed by atoms with Gasteiger partial charge in [0.25, 0.3) is 0 Å². The van der Waals surface area contributed by atoms with Crippen LogP contribution in [0.1, 0.15) is 20.8 Å². The topological polar surface area (TPSA) is 75.8 Å². The second kappa shape index (κ2) is 7.19. The summed E-state index contributed by atoms with van der Waals surface area (Å²) in [6, 6.07) is 5.26. The average molecular weight is 387 g/mol. The molecule has 0 bridgehead atoms. The Morgan fingerprint density at radius 2 is 2.00 bits per heavy atom. The molecule has 1 aliphatic rings. The van der Waals surface area contributed by atoms with Crippen molar-refractivity contribution in [2.45, 2.75) is 6.42 Å². The summed E-state index contributed by atoms with van der Waals surface area (Å²) in [6.07, 6.45) is 0.394. The van der Waals surface area contributed by atoms with Crippen molar-refractivity contribution < 1.29 is 14.6 Å². The number of anilines is 2. The summed E-state index contributed by atoms with van der Waals surface area (Å²) in [7, 11) is 0. The largest absolute Gasteiger partial charge is 0.477 e. The van der Waals surface area contributed by atoms with Gasteiger partial charge in [0.2, 0.25) is 0 Å². The molecule has 3 N–H and O–H groups in total. The molecule has 0 aliphatic carbocycles. The van der Waals surface area contributed by atoms with Crippen LogP contribution in [-0.4, -0.2) is 37.4 Å². The number of thiophene rings is 1. The van der Waals surface area contributed by atoms with E-state index in [0.717, 1.165) is 10.6 Å². The number of nitrogens with two attached hydrogens (primary N) is 1. The lowest BCUT2D eigenvalue weighted by Gasteiger charge is -2.28. The Bertz CT molecular complexity index is 773. The van der Waals surface area contributed by atoms with E-state index < -0.39 is 5.97 Å². The van der Waals surface area contributed by atoms with E-state index in [0.29, 0.717) is 54.0 Å². The van der Waals surface area contributed by atoms with Crippen molar-refractivity contribution in [1.29, 1.82) is 0 Å². The Morgan fingerprint density at radius 1 is 1.29 bits per heavy atom. The number of morpholine rings is 1. The molecule has 1 aliphatic heterocycles. The molecule has 0 spiro atoms. The van der Waals surface area contributed by atoms with Gasteiger partial charge in [0, 0.05) is 25.1 Å². The number of hydrogen-bond donors (Lipinski definition) is 2. The monoisotopic (exact) mass is 386 g/mol. The highest BCUT2D eigenvalue weighted by Crippen LogP contribution is 2.40. The van der Waals surface area contributed by atoms with Gasteiger partial charge < -0.3 is 20.5 Å². The van der Waals surface area contributed by atoms with Gasteiger partial charge in [-0.2, -0.15) is 0 Å². The van der Waals surface area contributed by atoms with E-state index in [-0.39, 0.29) is 4.88 Å². The number of rotatable bonds is 4. The molecule has 0 unspecified atom stereocenters. The van der Waals surface area contributed by atoms with Gasteiger partial charge in [0.05, 0.1) is 28.9 Å². The second-order valence-corrected chi connectivity index (χ2v) is 7.27. The maximum atomic E-state index is 11.6. The molecular formula is C16H16Cl2N2O3S. The highest BCUT2D eigenvalue weighted by molar-refractivity contribution is 7.18. The third-order valence-electron chi connectivity index (χ3n) is 3.89. The van der Waals surface area contributed by atoms with Crippen LogP contribution in [0.4, 0.5) is 10.7 Å². The van der Waals surface area contributed by atoms with E-state index in [1.807, 2.05) is 6.07 Å². The SMILES string of the molecule is Nc1c(N2CCOCC2)sc(C(=O)O)c1Cc1ccc(Cl)c(Cl)c1. The molecule has 1 saturated heterocycles. The summed E-state index contributed by atoms with van der Waals surface area (Å²) < 4.78 is 5.34. The molecule has 0 atom stereocenters. The molecule has 5 nitrogen and oxygen atoms in total. The normalized spacial score (nSPS) is 14.8. The third-order valence-corrected chi connectivity index (χ3v) is 5.92. The van der Waals surface area contributed by atoms with Gasteiger partial charge in [0.1, 0.15) is 9.88 Å². The van der Waals surface area contributed by atoms with E-state index >= 15 is 0 Å². The lowest BCUT2D eigenvalue weighted by atomic mass is 10.0. The van der Waals surface area contributed by atoms with Crippen LogP contribution in [0, 0.1) is 0 Å². The number of nitrogen functional groups attached to an aromatic ring is 1. The number of hydrogen-bond acceptors (Lipinski definition) is 5. The Balaban J connectivity index is 1.97. The van der Waals surface area contributed by atoms with E-state index in [2.05, 4.69) is 4.90 Å². The van der Waals surface area contributed by atoms with Gasteiger partial charge in [-0.25, -0.2) is 4.79 Å². The maximum Gasteiger partial charge on any atom is 0.346 e. The van der Waals surface area contributed by atoms with Crippen molar-refractivity contribution in [2.75, 3.05) is 36.9 Å². The molecule has 1 aromatic carbocycles. The van der Waals surface area contributed by atoms with Crippen molar-refractivity contribution >= 4 is 51.2 Å². The number of carboxylic acid groups (broad SMARTS) is 1. The number of aromatic carboxylic acids is 1.